The Labute approximate surface area is 197 Å². The number of halogens is 1. The zero-order chi connectivity index (χ0) is 23.0. The summed E-state index contributed by atoms with van der Waals surface area (Å²) in [6.07, 6.45) is 0.590. The van der Waals surface area contributed by atoms with Crippen LogP contribution in [0.4, 0.5) is 4.79 Å². The van der Waals surface area contributed by atoms with Crippen molar-refractivity contribution in [1.29, 1.82) is 0 Å². The van der Waals surface area contributed by atoms with Crippen molar-refractivity contribution in [2.75, 3.05) is 19.3 Å². The predicted molar refractivity (Wildman–Crippen MR) is 130 cm³/mol. The SMILES string of the molecule is CN(CC1CCSc2c1c1ccccc1n2C(=O)c1ccc(Cl)cc1)C(=O)OC(C)(C)C. The maximum atomic E-state index is 13.5. The normalized spacial score (nSPS) is 16.0. The van der Waals surface area contributed by atoms with E-state index < -0.39 is 5.60 Å². The molecule has 4 rings (SSSR count). The van der Waals surface area contributed by atoms with E-state index in [1.165, 1.54) is 0 Å². The Morgan fingerprint density at radius 2 is 1.84 bits per heavy atom. The molecule has 3 aromatic rings. The molecule has 1 unspecified atom stereocenters. The number of hydrogen-bond donors (Lipinski definition) is 0. The summed E-state index contributed by atoms with van der Waals surface area (Å²) >= 11 is 7.72. The van der Waals surface area contributed by atoms with Crippen LogP contribution in [0.25, 0.3) is 10.9 Å². The second-order valence-electron chi connectivity index (χ2n) is 9.08. The molecule has 1 aromatic heterocycles. The number of thioether (sulfide) groups is 1. The first kappa shape index (κ1) is 22.7. The molecule has 0 radical (unpaired) electrons. The van der Waals surface area contributed by atoms with Gasteiger partial charge >= 0.3 is 6.09 Å². The maximum absolute atomic E-state index is 13.5. The van der Waals surface area contributed by atoms with Crippen molar-refractivity contribution in [3.63, 3.8) is 0 Å². The molecule has 0 aliphatic carbocycles. The first-order valence-electron chi connectivity index (χ1n) is 10.7. The number of likely N-dealkylation sites (N-methyl/N-ethyl adjacent to an activating group) is 1. The van der Waals surface area contributed by atoms with Gasteiger partial charge in [-0.3, -0.25) is 9.36 Å². The molecule has 1 aliphatic heterocycles. The number of hydrogen-bond acceptors (Lipinski definition) is 4. The fourth-order valence-corrected chi connectivity index (χ4v) is 5.54. The first-order valence-corrected chi connectivity index (χ1v) is 12.0. The van der Waals surface area contributed by atoms with Gasteiger partial charge in [0.25, 0.3) is 5.91 Å². The molecule has 0 saturated carbocycles. The smallest absolute Gasteiger partial charge is 0.410 e. The van der Waals surface area contributed by atoms with E-state index >= 15 is 0 Å². The molecule has 1 aliphatic rings. The van der Waals surface area contributed by atoms with Gasteiger partial charge in [-0.05, 0) is 63.1 Å². The van der Waals surface area contributed by atoms with E-state index in [2.05, 4.69) is 6.07 Å². The van der Waals surface area contributed by atoms with E-state index in [4.69, 9.17) is 16.3 Å². The van der Waals surface area contributed by atoms with Crippen molar-refractivity contribution in [3.05, 3.63) is 64.7 Å². The number of aromatic nitrogens is 1. The highest BCUT2D eigenvalue weighted by molar-refractivity contribution is 7.99. The van der Waals surface area contributed by atoms with Crippen LogP contribution in [0.15, 0.2) is 53.6 Å². The van der Waals surface area contributed by atoms with Crippen molar-refractivity contribution >= 4 is 46.3 Å². The minimum absolute atomic E-state index is 0.0761. The fourth-order valence-electron chi connectivity index (χ4n) is 4.07. The van der Waals surface area contributed by atoms with Gasteiger partial charge in [0.1, 0.15) is 5.60 Å². The van der Waals surface area contributed by atoms with Gasteiger partial charge in [-0.25, -0.2) is 4.79 Å². The molecule has 0 fully saturated rings. The summed E-state index contributed by atoms with van der Waals surface area (Å²) in [6.45, 7) is 6.13. The van der Waals surface area contributed by atoms with Crippen LogP contribution in [-0.2, 0) is 4.74 Å². The largest absolute Gasteiger partial charge is 0.444 e. The Morgan fingerprint density at radius 3 is 2.53 bits per heavy atom. The summed E-state index contributed by atoms with van der Waals surface area (Å²) in [6, 6.07) is 15.0. The third-order valence-corrected chi connectivity index (χ3v) is 6.84. The lowest BCUT2D eigenvalue weighted by molar-refractivity contribution is 0.0287. The number of carbonyl (C=O) groups excluding carboxylic acids is 2. The lowest BCUT2D eigenvalue weighted by Gasteiger charge is -2.30. The van der Waals surface area contributed by atoms with Gasteiger partial charge in [0.15, 0.2) is 0 Å². The number of amides is 1. The van der Waals surface area contributed by atoms with Gasteiger partial charge < -0.3 is 9.64 Å². The highest BCUT2D eigenvalue weighted by Crippen LogP contribution is 2.44. The standard InChI is InChI=1S/C25H27ClN2O3S/c1-25(2,3)31-24(30)27(4)15-17-13-14-32-23-21(17)19-7-5-6-8-20(19)28(23)22(29)16-9-11-18(26)12-10-16/h5-12,17H,13-15H2,1-4H3. The number of para-hydroxylation sites is 1. The average Bonchev–Trinajstić information content (AvgIpc) is 3.08. The molecule has 1 amide bonds. The van der Waals surface area contributed by atoms with Crippen LogP contribution in [0.3, 0.4) is 0 Å². The van der Waals surface area contributed by atoms with E-state index in [1.807, 2.05) is 43.5 Å². The maximum Gasteiger partial charge on any atom is 0.410 e. The fraction of sp³-hybridized carbons (Fsp3) is 0.360. The van der Waals surface area contributed by atoms with E-state index in [1.54, 1.807) is 48.0 Å². The molecule has 1 atom stereocenters. The average molecular weight is 471 g/mol. The van der Waals surface area contributed by atoms with Crippen LogP contribution in [0.5, 0.6) is 0 Å². The van der Waals surface area contributed by atoms with E-state index in [9.17, 15) is 9.59 Å². The topological polar surface area (TPSA) is 51.5 Å². The van der Waals surface area contributed by atoms with Crippen LogP contribution in [0.1, 0.15) is 49.0 Å². The van der Waals surface area contributed by atoms with Crippen molar-refractivity contribution in [2.24, 2.45) is 0 Å². The monoisotopic (exact) mass is 470 g/mol. The lowest BCUT2D eigenvalue weighted by atomic mass is 9.95. The van der Waals surface area contributed by atoms with E-state index in [0.29, 0.717) is 17.1 Å². The zero-order valence-corrected chi connectivity index (χ0v) is 20.3. The summed E-state index contributed by atoms with van der Waals surface area (Å²) in [4.78, 5) is 27.7. The van der Waals surface area contributed by atoms with Crippen molar-refractivity contribution in [1.82, 2.24) is 9.47 Å². The van der Waals surface area contributed by atoms with Gasteiger partial charge in [-0.2, -0.15) is 0 Å². The highest BCUT2D eigenvalue weighted by Gasteiger charge is 2.32. The van der Waals surface area contributed by atoms with Crippen LogP contribution in [-0.4, -0.2) is 46.4 Å². The summed E-state index contributed by atoms with van der Waals surface area (Å²) in [5.41, 5.74) is 2.07. The summed E-state index contributed by atoms with van der Waals surface area (Å²) < 4.78 is 7.36. The van der Waals surface area contributed by atoms with Crippen LogP contribution in [0.2, 0.25) is 5.02 Å². The summed E-state index contributed by atoms with van der Waals surface area (Å²) in [7, 11) is 1.77. The van der Waals surface area contributed by atoms with Gasteiger partial charge in [0.05, 0.1) is 10.5 Å². The first-order chi connectivity index (χ1) is 15.2. The molecule has 5 nitrogen and oxygen atoms in total. The van der Waals surface area contributed by atoms with Gasteiger partial charge in [-0.1, -0.05) is 29.8 Å². The van der Waals surface area contributed by atoms with Gasteiger partial charge in [-0.15, -0.1) is 11.8 Å². The molecule has 0 saturated heterocycles. The Balaban J connectivity index is 1.73. The third kappa shape index (κ3) is 4.52. The van der Waals surface area contributed by atoms with Crippen LogP contribution < -0.4 is 0 Å². The number of fused-ring (bicyclic) bond motifs is 3. The Morgan fingerprint density at radius 1 is 1.16 bits per heavy atom. The molecule has 0 spiro atoms. The number of ether oxygens (including phenoxy) is 1. The summed E-state index contributed by atoms with van der Waals surface area (Å²) in [5.74, 6) is 0.921. The molecule has 7 heteroatoms. The van der Waals surface area contributed by atoms with Gasteiger partial charge in [0.2, 0.25) is 0 Å². The Kier molecular flexibility index (Phi) is 6.28. The molecule has 2 heterocycles. The molecular weight excluding hydrogens is 444 g/mol. The second-order valence-corrected chi connectivity index (χ2v) is 10.6. The van der Waals surface area contributed by atoms with Crippen molar-refractivity contribution in [2.45, 2.75) is 43.7 Å². The van der Waals surface area contributed by atoms with E-state index in [-0.39, 0.29) is 17.9 Å². The Bertz CT molecular complexity index is 1160. The van der Waals surface area contributed by atoms with E-state index in [0.717, 1.165) is 33.7 Å². The molecule has 2 aromatic carbocycles. The zero-order valence-electron chi connectivity index (χ0n) is 18.7. The lowest BCUT2D eigenvalue weighted by Crippen LogP contribution is -2.37. The Hall–Kier alpha value is -2.44. The minimum Gasteiger partial charge on any atom is -0.444 e. The van der Waals surface area contributed by atoms with Gasteiger partial charge in [0, 0.05) is 41.2 Å². The molecule has 0 N–H and O–H groups in total. The number of nitrogens with zero attached hydrogens (tertiary/aromatic N) is 2. The third-order valence-electron chi connectivity index (χ3n) is 5.48. The van der Waals surface area contributed by atoms with Crippen molar-refractivity contribution < 1.29 is 14.3 Å². The molecule has 0 bridgehead atoms. The number of benzene rings is 2. The number of carbonyl (C=O) groups is 2. The molecular formula is C25H27ClN2O3S. The summed E-state index contributed by atoms with van der Waals surface area (Å²) in [5, 5.41) is 2.61. The highest BCUT2D eigenvalue weighted by atomic mass is 35.5. The second kappa shape index (κ2) is 8.83. The molecule has 168 valence electrons. The van der Waals surface area contributed by atoms with Crippen LogP contribution in [0, 0.1) is 0 Å². The minimum atomic E-state index is -0.542. The molecule has 32 heavy (non-hydrogen) atoms. The van der Waals surface area contributed by atoms with Crippen molar-refractivity contribution in [3.8, 4) is 0 Å². The number of rotatable bonds is 3. The predicted octanol–water partition coefficient (Wildman–Crippen LogP) is 6.43. The quantitative estimate of drug-likeness (QED) is 0.442. The van der Waals surface area contributed by atoms with Crippen LogP contribution >= 0.6 is 23.4 Å².